The van der Waals surface area contributed by atoms with Gasteiger partial charge in [0.1, 0.15) is 0 Å². The molecule has 0 aromatic carbocycles. The zero-order valence-corrected chi connectivity index (χ0v) is 13.3. The summed E-state index contributed by atoms with van der Waals surface area (Å²) in [6, 6.07) is 0. The number of rotatable bonds is 0. The van der Waals surface area contributed by atoms with Crippen molar-refractivity contribution in [3.8, 4) is 0 Å². The van der Waals surface area contributed by atoms with Gasteiger partial charge in [0.25, 0.3) is 0 Å². The van der Waals surface area contributed by atoms with Gasteiger partial charge in [-0.25, -0.2) is 0 Å². The van der Waals surface area contributed by atoms with Crippen LogP contribution >= 0.6 is 0 Å². The average Bonchev–Trinajstić information content (AvgIpc) is 2.74. The number of hydrogen-bond acceptors (Lipinski definition) is 2. The van der Waals surface area contributed by atoms with E-state index in [9.17, 15) is 9.90 Å². The zero-order valence-electron chi connectivity index (χ0n) is 13.3. The number of aliphatic hydroxyl groups is 1. The third-order valence-electron chi connectivity index (χ3n) is 7.59. The van der Waals surface area contributed by atoms with Gasteiger partial charge in [-0.15, -0.1) is 0 Å². The first kappa shape index (κ1) is 14.0. The van der Waals surface area contributed by atoms with E-state index in [0.29, 0.717) is 23.5 Å². The number of carbonyl (C=O) groups excluding carboxylic acids is 1. The van der Waals surface area contributed by atoms with Crippen molar-refractivity contribution in [2.24, 2.45) is 35.0 Å². The molecule has 3 fully saturated rings. The van der Waals surface area contributed by atoms with Gasteiger partial charge in [-0.05, 0) is 79.6 Å². The molecule has 0 heterocycles. The molecule has 1 N–H and O–H groups in total. The predicted molar refractivity (Wildman–Crippen MR) is 82.6 cm³/mol. The minimum atomic E-state index is -0.0828. The van der Waals surface area contributed by atoms with Crippen molar-refractivity contribution >= 4 is 5.78 Å². The van der Waals surface area contributed by atoms with Crippen LogP contribution in [0.15, 0.2) is 11.6 Å². The highest BCUT2D eigenvalue weighted by atomic mass is 16.3. The number of allylic oxidation sites excluding steroid dienone is 1. The SMILES string of the molecule is CC1CC2=CC(=O)CC[C@@H]2[C@H]2CC[C@]3(C)[C@@H](O)CC[C@H]3[C@H]12. The number of fused-ring (bicyclic) bond motifs is 5. The first-order valence-electron chi connectivity index (χ1n) is 8.92. The van der Waals surface area contributed by atoms with Crippen LogP contribution in [0.3, 0.4) is 0 Å². The lowest BCUT2D eigenvalue weighted by molar-refractivity contribution is -0.116. The monoisotopic (exact) mass is 288 g/mol. The van der Waals surface area contributed by atoms with E-state index in [1.807, 2.05) is 6.08 Å². The highest BCUT2D eigenvalue weighted by molar-refractivity contribution is 5.91. The van der Waals surface area contributed by atoms with Gasteiger partial charge in [0, 0.05) is 6.42 Å². The molecule has 4 aliphatic rings. The number of aliphatic hydroxyl groups excluding tert-OH is 1. The standard InChI is InChI=1S/C19H28O2/c1-11-9-12-10-13(20)3-4-14(12)15-7-8-19(2)16(18(11)15)5-6-17(19)21/h10-11,14-18,21H,3-9H2,1-2H3/t11?,14-,15+,16-,17-,18+,19-/m0/s1. The molecule has 1 unspecified atom stereocenters. The lowest BCUT2D eigenvalue weighted by Crippen LogP contribution is -2.50. The van der Waals surface area contributed by atoms with E-state index in [1.54, 1.807) is 0 Å². The second-order valence-corrected chi connectivity index (χ2v) is 8.50. The van der Waals surface area contributed by atoms with Crippen molar-refractivity contribution < 1.29 is 9.90 Å². The first-order chi connectivity index (χ1) is 10.0. The normalized spacial score (nSPS) is 52.7. The van der Waals surface area contributed by atoms with Crippen molar-refractivity contribution in [3.05, 3.63) is 11.6 Å². The molecule has 0 aromatic heterocycles. The van der Waals surface area contributed by atoms with Crippen LogP contribution < -0.4 is 0 Å². The zero-order chi connectivity index (χ0) is 14.8. The molecule has 0 aromatic rings. The minimum absolute atomic E-state index is 0.0828. The van der Waals surface area contributed by atoms with Crippen LogP contribution in [0, 0.1) is 35.0 Å². The summed E-state index contributed by atoms with van der Waals surface area (Å²) in [6.45, 7) is 4.73. The lowest BCUT2D eigenvalue weighted by Gasteiger charge is -2.55. The Morgan fingerprint density at radius 3 is 2.86 bits per heavy atom. The molecule has 4 rings (SSSR count). The highest BCUT2D eigenvalue weighted by Gasteiger charge is 2.57. The fourth-order valence-electron chi connectivity index (χ4n) is 6.56. The smallest absolute Gasteiger partial charge is 0.155 e. The summed E-state index contributed by atoms with van der Waals surface area (Å²) in [5.74, 6) is 3.96. The van der Waals surface area contributed by atoms with E-state index < -0.39 is 0 Å². The van der Waals surface area contributed by atoms with Crippen molar-refractivity contribution in [1.29, 1.82) is 0 Å². The van der Waals surface area contributed by atoms with E-state index in [4.69, 9.17) is 0 Å². The summed E-state index contributed by atoms with van der Waals surface area (Å²) in [5, 5.41) is 10.5. The Kier molecular flexibility index (Phi) is 3.12. The molecular formula is C19H28O2. The fraction of sp³-hybridized carbons (Fsp3) is 0.842. The van der Waals surface area contributed by atoms with E-state index in [2.05, 4.69) is 13.8 Å². The van der Waals surface area contributed by atoms with Gasteiger partial charge in [0.05, 0.1) is 6.10 Å². The van der Waals surface area contributed by atoms with Gasteiger partial charge in [-0.3, -0.25) is 4.79 Å². The van der Waals surface area contributed by atoms with Gasteiger partial charge >= 0.3 is 0 Å². The highest BCUT2D eigenvalue weighted by Crippen LogP contribution is 2.62. The Bertz CT molecular complexity index is 494. The van der Waals surface area contributed by atoms with Crippen LogP contribution in [-0.4, -0.2) is 17.0 Å². The van der Waals surface area contributed by atoms with E-state index >= 15 is 0 Å². The Balaban J connectivity index is 1.68. The van der Waals surface area contributed by atoms with Gasteiger partial charge in [0.2, 0.25) is 0 Å². The molecule has 2 nitrogen and oxygen atoms in total. The molecule has 0 amide bonds. The van der Waals surface area contributed by atoms with Crippen LogP contribution in [0.25, 0.3) is 0 Å². The Hall–Kier alpha value is -0.630. The maximum atomic E-state index is 11.8. The molecule has 4 aliphatic carbocycles. The number of ketones is 1. The fourth-order valence-corrected chi connectivity index (χ4v) is 6.56. The third kappa shape index (κ3) is 1.91. The summed E-state index contributed by atoms with van der Waals surface area (Å²) in [5.41, 5.74) is 1.63. The van der Waals surface area contributed by atoms with Crippen LogP contribution in [0.2, 0.25) is 0 Å². The van der Waals surface area contributed by atoms with Gasteiger partial charge in [-0.1, -0.05) is 19.4 Å². The van der Waals surface area contributed by atoms with E-state index in [0.717, 1.165) is 37.5 Å². The van der Waals surface area contributed by atoms with Gasteiger partial charge in [-0.2, -0.15) is 0 Å². The van der Waals surface area contributed by atoms with Crippen LogP contribution in [0.1, 0.15) is 58.8 Å². The number of carbonyl (C=O) groups is 1. The van der Waals surface area contributed by atoms with Crippen molar-refractivity contribution in [3.63, 3.8) is 0 Å². The van der Waals surface area contributed by atoms with Crippen molar-refractivity contribution in [2.75, 3.05) is 0 Å². The maximum absolute atomic E-state index is 11.8. The Morgan fingerprint density at radius 1 is 1.24 bits per heavy atom. The molecule has 3 saturated carbocycles. The summed E-state index contributed by atoms with van der Waals surface area (Å²) >= 11 is 0. The van der Waals surface area contributed by atoms with Crippen LogP contribution in [0.5, 0.6) is 0 Å². The molecule has 0 radical (unpaired) electrons. The summed E-state index contributed by atoms with van der Waals surface area (Å²) in [4.78, 5) is 11.8. The third-order valence-corrected chi connectivity index (χ3v) is 7.59. The quantitative estimate of drug-likeness (QED) is 0.737. The molecular weight excluding hydrogens is 260 g/mol. The maximum Gasteiger partial charge on any atom is 0.155 e. The van der Waals surface area contributed by atoms with Crippen LogP contribution in [0.4, 0.5) is 0 Å². The molecule has 21 heavy (non-hydrogen) atoms. The minimum Gasteiger partial charge on any atom is -0.393 e. The van der Waals surface area contributed by atoms with Gasteiger partial charge < -0.3 is 5.11 Å². The second-order valence-electron chi connectivity index (χ2n) is 8.50. The predicted octanol–water partition coefficient (Wildman–Crippen LogP) is 3.74. The largest absolute Gasteiger partial charge is 0.393 e. The van der Waals surface area contributed by atoms with Gasteiger partial charge in [0.15, 0.2) is 5.78 Å². The second kappa shape index (κ2) is 4.68. The molecule has 0 aliphatic heterocycles. The van der Waals surface area contributed by atoms with E-state index in [1.165, 1.54) is 24.8 Å². The van der Waals surface area contributed by atoms with Crippen molar-refractivity contribution in [1.82, 2.24) is 0 Å². The summed E-state index contributed by atoms with van der Waals surface area (Å²) in [6.07, 6.45) is 9.54. The first-order valence-corrected chi connectivity index (χ1v) is 8.92. The molecule has 2 heteroatoms. The van der Waals surface area contributed by atoms with Crippen LogP contribution in [-0.2, 0) is 4.79 Å². The average molecular weight is 288 g/mol. The lowest BCUT2D eigenvalue weighted by atomic mass is 9.49. The molecule has 7 atom stereocenters. The Labute approximate surface area is 128 Å². The topological polar surface area (TPSA) is 37.3 Å². The molecule has 0 saturated heterocycles. The van der Waals surface area contributed by atoms with Crippen molar-refractivity contribution in [2.45, 2.75) is 64.9 Å². The van der Waals surface area contributed by atoms with E-state index in [-0.39, 0.29) is 11.5 Å². The Morgan fingerprint density at radius 2 is 2.05 bits per heavy atom. The number of hydrogen-bond donors (Lipinski definition) is 1. The molecule has 116 valence electrons. The summed E-state index contributed by atoms with van der Waals surface area (Å²) in [7, 11) is 0. The molecule has 0 bridgehead atoms. The summed E-state index contributed by atoms with van der Waals surface area (Å²) < 4.78 is 0. The molecule has 0 spiro atoms.